The second-order valence-electron chi connectivity index (χ2n) is 11.0. The Kier molecular flexibility index (Phi) is 8.46. The number of benzene rings is 3. The van der Waals surface area contributed by atoms with E-state index >= 15 is 0 Å². The van der Waals surface area contributed by atoms with Gasteiger partial charge >= 0.3 is 0 Å². The minimum Gasteiger partial charge on any atom is -0.378 e. The number of nitrogens with zero attached hydrogens (tertiary/aromatic N) is 3. The first kappa shape index (κ1) is 26.7. The Morgan fingerprint density at radius 2 is 1.46 bits per heavy atom. The van der Waals surface area contributed by atoms with Gasteiger partial charge in [-0.3, -0.25) is 4.98 Å². The molecule has 3 aromatic carbocycles. The second-order valence-corrected chi connectivity index (χ2v) is 11.0. The Morgan fingerprint density at radius 3 is 2.13 bits per heavy atom. The number of aromatic nitrogens is 1. The van der Waals surface area contributed by atoms with Crippen LogP contribution in [-0.4, -0.2) is 19.1 Å². The van der Waals surface area contributed by atoms with Gasteiger partial charge in [-0.2, -0.15) is 0 Å². The molecule has 1 saturated carbocycles. The van der Waals surface area contributed by atoms with Gasteiger partial charge in [0.1, 0.15) is 0 Å². The van der Waals surface area contributed by atoms with Crippen LogP contribution in [0.2, 0.25) is 0 Å². The first-order valence-corrected chi connectivity index (χ1v) is 14.4. The van der Waals surface area contributed by atoms with Gasteiger partial charge in [0, 0.05) is 49.5 Å². The Bertz CT molecular complexity index is 1380. The highest BCUT2D eigenvalue weighted by Crippen LogP contribution is 2.35. The van der Waals surface area contributed by atoms with E-state index in [1.165, 1.54) is 71.4 Å². The average molecular weight is 516 g/mol. The molecule has 39 heavy (non-hydrogen) atoms. The van der Waals surface area contributed by atoms with Crippen molar-refractivity contribution >= 4 is 11.4 Å². The summed E-state index contributed by atoms with van der Waals surface area (Å²) >= 11 is 0. The Balaban J connectivity index is 1.43. The van der Waals surface area contributed by atoms with Gasteiger partial charge in [0.2, 0.25) is 0 Å². The molecule has 0 aliphatic heterocycles. The first-order valence-electron chi connectivity index (χ1n) is 14.4. The van der Waals surface area contributed by atoms with Crippen molar-refractivity contribution in [3.63, 3.8) is 0 Å². The van der Waals surface area contributed by atoms with E-state index in [2.05, 4.69) is 127 Å². The zero-order valence-corrected chi connectivity index (χ0v) is 23.7. The van der Waals surface area contributed by atoms with Gasteiger partial charge in [0.25, 0.3) is 0 Å². The van der Waals surface area contributed by atoms with Crippen LogP contribution in [0.25, 0.3) is 22.4 Å². The molecule has 1 aliphatic rings. The molecule has 1 aliphatic carbocycles. The van der Waals surface area contributed by atoms with Gasteiger partial charge in [-0.1, -0.05) is 81.3 Å². The minimum absolute atomic E-state index is 0.540. The molecule has 3 nitrogen and oxygen atoms in total. The number of rotatable bonds is 9. The third-order valence-electron chi connectivity index (χ3n) is 8.12. The van der Waals surface area contributed by atoms with Crippen LogP contribution in [0.3, 0.4) is 0 Å². The van der Waals surface area contributed by atoms with Gasteiger partial charge in [0.05, 0.1) is 5.69 Å². The van der Waals surface area contributed by atoms with Crippen molar-refractivity contribution in [2.45, 2.75) is 52.0 Å². The van der Waals surface area contributed by atoms with Crippen LogP contribution in [0, 0.1) is 5.92 Å². The van der Waals surface area contributed by atoms with Crippen LogP contribution in [0.5, 0.6) is 0 Å². The molecule has 200 valence electrons. The molecule has 0 bridgehead atoms. The van der Waals surface area contributed by atoms with Gasteiger partial charge in [-0.25, -0.2) is 0 Å². The largest absolute Gasteiger partial charge is 0.378 e. The summed E-state index contributed by atoms with van der Waals surface area (Å²) in [5.74, 6) is 0.540. The SMILES string of the molecule is C=C(C1CCCCC1)N(Cc1ccc(-c2ccc(N(C)C)cc2)cc1)c1cccc(-c2cc(CC)ccn2)c1. The van der Waals surface area contributed by atoms with E-state index in [4.69, 9.17) is 0 Å². The highest BCUT2D eigenvalue weighted by Gasteiger charge is 2.22. The summed E-state index contributed by atoms with van der Waals surface area (Å²) in [6, 6.07) is 31.0. The van der Waals surface area contributed by atoms with E-state index in [0.29, 0.717) is 5.92 Å². The maximum atomic E-state index is 4.69. The van der Waals surface area contributed by atoms with E-state index in [1.54, 1.807) is 0 Å². The zero-order valence-electron chi connectivity index (χ0n) is 23.7. The molecule has 0 saturated heterocycles. The summed E-state index contributed by atoms with van der Waals surface area (Å²) < 4.78 is 0. The van der Waals surface area contributed by atoms with Crippen LogP contribution >= 0.6 is 0 Å². The third kappa shape index (κ3) is 6.42. The molecule has 0 atom stereocenters. The number of anilines is 2. The lowest BCUT2D eigenvalue weighted by Crippen LogP contribution is -2.27. The molecule has 0 spiro atoms. The first-order chi connectivity index (χ1) is 19.0. The number of hydrogen-bond donors (Lipinski definition) is 0. The predicted octanol–water partition coefficient (Wildman–Crippen LogP) is 9.14. The smallest absolute Gasteiger partial charge is 0.0705 e. The summed E-state index contributed by atoms with van der Waals surface area (Å²) in [5, 5.41) is 0. The topological polar surface area (TPSA) is 19.4 Å². The molecule has 5 rings (SSSR count). The van der Waals surface area contributed by atoms with Crippen LogP contribution in [0.4, 0.5) is 11.4 Å². The quantitative estimate of drug-likeness (QED) is 0.221. The summed E-state index contributed by atoms with van der Waals surface area (Å²) in [5.41, 5.74) is 10.9. The lowest BCUT2D eigenvalue weighted by molar-refractivity contribution is 0.396. The fraction of sp³-hybridized carbons (Fsp3) is 0.306. The standard InChI is InChI=1S/C36H41N3/c1-5-28-22-23-37-36(24-28)33-12-9-13-35(25-33)39(27(2)30-10-7-6-8-11-30)26-29-14-16-31(17-15-29)32-18-20-34(21-19-32)38(3)4/h9,12-25,30H,2,5-8,10-11,26H2,1,3-4H3. The molecule has 4 aromatic rings. The van der Waals surface area contributed by atoms with E-state index in [0.717, 1.165) is 24.2 Å². The zero-order chi connectivity index (χ0) is 27.2. The van der Waals surface area contributed by atoms with Crippen molar-refractivity contribution in [3.8, 4) is 22.4 Å². The van der Waals surface area contributed by atoms with Crippen molar-refractivity contribution < 1.29 is 0 Å². The van der Waals surface area contributed by atoms with Crippen LogP contribution in [0.15, 0.2) is 103 Å². The third-order valence-corrected chi connectivity index (χ3v) is 8.12. The van der Waals surface area contributed by atoms with Crippen LogP contribution < -0.4 is 9.80 Å². The molecule has 0 radical (unpaired) electrons. The Morgan fingerprint density at radius 1 is 0.769 bits per heavy atom. The number of pyridine rings is 1. The van der Waals surface area contributed by atoms with Crippen molar-refractivity contribution in [2.75, 3.05) is 23.9 Å². The average Bonchev–Trinajstić information content (AvgIpc) is 3.00. The maximum absolute atomic E-state index is 4.69. The van der Waals surface area contributed by atoms with E-state index in [-0.39, 0.29) is 0 Å². The second kappa shape index (κ2) is 12.3. The Labute approximate surface area is 234 Å². The molecule has 0 unspecified atom stereocenters. The monoisotopic (exact) mass is 515 g/mol. The summed E-state index contributed by atoms with van der Waals surface area (Å²) in [4.78, 5) is 9.27. The Hall–Kier alpha value is -3.85. The minimum atomic E-state index is 0.540. The van der Waals surface area contributed by atoms with Crippen molar-refractivity contribution in [1.82, 2.24) is 4.98 Å². The number of allylic oxidation sites excluding steroid dienone is 1. The molecule has 1 heterocycles. The molecule has 0 amide bonds. The van der Waals surface area contributed by atoms with Crippen molar-refractivity contribution in [3.05, 3.63) is 115 Å². The molecular weight excluding hydrogens is 474 g/mol. The normalized spacial score (nSPS) is 13.7. The molecular formula is C36H41N3. The highest BCUT2D eigenvalue weighted by molar-refractivity contribution is 5.69. The van der Waals surface area contributed by atoms with Gasteiger partial charge in [-0.05, 0) is 83.8 Å². The number of aryl methyl sites for hydroxylation is 1. The van der Waals surface area contributed by atoms with Crippen molar-refractivity contribution in [2.24, 2.45) is 5.92 Å². The molecule has 1 aromatic heterocycles. The molecule has 3 heteroatoms. The summed E-state index contributed by atoms with van der Waals surface area (Å²) in [7, 11) is 4.15. The fourth-order valence-electron chi connectivity index (χ4n) is 5.64. The summed E-state index contributed by atoms with van der Waals surface area (Å²) in [6.45, 7) is 7.67. The molecule has 0 N–H and O–H groups in total. The fourth-order valence-corrected chi connectivity index (χ4v) is 5.64. The van der Waals surface area contributed by atoms with E-state index < -0.39 is 0 Å². The van der Waals surface area contributed by atoms with Crippen LogP contribution in [0.1, 0.15) is 50.2 Å². The van der Waals surface area contributed by atoms with Crippen LogP contribution in [-0.2, 0) is 13.0 Å². The van der Waals surface area contributed by atoms with Crippen molar-refractivity contribution in [1.29, 1.82) is 0 Å². The van der Waals surface area contributed by atoms with Gasteiger partial charge < -0.3 is 9.80 Å². The molecule has 1 fully saturated rings. The number of hydrogen-bond acceptors (Lipinski definition) is 3. The van der Waals surface area contributed by atoms with E-state index in [9.17, 15) is 0 Å². The van der Waals surface area contributed by atoms with Gasteiger partial charge in [-0.15, -0.1) is 0 Å². The van der Waals surface area contributed by atoms with Gasteiger partial charge in [0.15, 0.2) is 0 Å². The lowest BCUT2D eigenvalue weighted by atomic mass is 9.86. The lowest BCUT2D eigenvalue weighted by Gasteiger charge is -2.34. The highest BCUT2D eigenvalue weighted by atomic mass is 15.1. The predicted molar refractivity (Wildman–Crippen MR) is 167 cm³/mol. The maximum Gasteiger partial charge on any atom is 0.0705 e. The van der Waals surface area contributed by atoms with E-state index in [1.807, 2.05) is 6.20 Å². The summed E-state index contributed by atoms with van der Waals surface area (Å²) in [6.07, 6.45) is 9.34.